The second kappa shape index (κ2) is 9.76. The second-order valence-electron chi connectivity index (χ2n) is 6.22. The Hall–Kier alpha value is -3.17. The van der Waals surface area contributed by atoms with E-state index in [4.69, 9.17) is 21.7 Å². The highest BCUT2D eigenvalue weighted by molar-refractivity contribution is 7.92. The molecule has 0 aliphatic heterocycles. The zero-order valence-electron chi connectivity index (χ0n) is 16.9. The van der Waals surface area contributed by atoms with Gasteiger partial charge in [0.15, 0.2) is 5.11 Å². The summed E-state index contributed by atoms with van der Waals surface area (Å²) in [5, 5.41) is 10.4. The number of nitrogens with one attached hydrogen (secondary N) is 3. The summed E-state index contributed by atoms with van der Waals surface area (Å²) >= 11 is 5.34. The van der Waals surface area contributed by atoms with Gasteiger partial charge in [0, 0.05) is 23.9 Å². The molecule has 176 valence electrons. The SMILES string of the molecule is COc1cc(NS(=O)(=O)c2ccc(NC(=S)Nc3nnc(C(F)(F)F)s3)cc2)cc(OC)c1. The molecule has 0 bridgehead atoms. The largest absolute Gasteiger partial charge is 0.497 e. The zero-order valence-corrected chi connectivity index (χ0v) is 19.4. The highest BCUT2D eigenvalue weighted by Crippen LogP contribution is 2.33. The molecular weight excluding hydrogens is 503 g/mol. The van der Waals surface area contributed by atoms with Gasteiger partial charge in [0.2, 0.25) is 10.1 Å². The fourth-order valence-electron chi connectivity index (χ4n) is 2.45. The van der Waals surface area contributed by atoms with Gasteiger partial charge in [-0.05, 0) is 36.5 Å². The van der Waals surface area contributed by atoms with Gasteiger partial charge in [0.25, 0.3) is 10.0 Å². The normalized spacial score (nSPS) is 11.5. The van der Waals surface area contributed by atoms with Gasteiger partial charge in [0.1, 0.15) is 11.5 Å². The summed E-state index contributed by atoms with van der Waals surface area (Å²) in [6.07, 6.45) is -4.60. The van der Waals surface area contributed by atoms with Gasteiger partial charge in [0.05, 0.1) is 24.8 Å². The van der Waals surface area contributed by atoms with E-state index in [0.29, 0.717) is 28.5 Å². The Balaban J connectivity index is 1.66. The average Bonchev–Trinajstić information content (AvgIpc) is 3.22. The molecule has 0 aliphatic rings. The third-order valence-corrected chi connectivity index (χ3v) is 6.40. The Kier molecular flexibility index (Phi) is 7.24. The van der Waals surface area contributed by atoms with Crippen LogP contribution in [-0.2, 0) is 16.2 Å². The molecule has 3 aromatic rings. The monoisotopic (exact) mass is 519 g/mol. The fourth-order valence-corrected chi connectivity index (χ4v) is 4.38. The summed E-state index contributed by atoms with van der Waals surface area (Å²) < 4.78 is 75.9. The predicted molar refractivity (Wildman–Crippen MR) is 122 cm³/mol. The van der Waals surface area contributed by atoms with Gasteiger partial charge in [-0.2, -0.15) is 13.2 Å². The van der Waals surface area contributed by atoms with E-state index in [1.807, 2.05) is 0 Å². The molecule has 0 atom stereocenters. The van der Waals surface area contributed by atoms with E-state index < -0.39 is 21.2 Å². The maximum absolute atomic E-state index is 12.7. The highest BCUT2D eigenvalue weighted by atomic mass is 32.2. The summed E-state index contributed by atoms with van der Waals surface area (Å²) in [6.45, 7) is 0. The molecule has 0 unspecified atom stereocenters. The van der Waals surface area contributed by atoms with Gasteiger partial charge in [-0.15, -0.1) is 10.2 Å². The van der Waals surface area contributed by atoms with Crippen LogP contribution in [0.1, 0.15) is 5.01 Å². The minimum Gasteiger partial charge on any atom is -0.497 e. The van der Waals surface area contributed by atoms with Crippen LogP contribution in [0.2, 0.25) is 0 Å². The van der Waals surface area contributed by atoms with Crippen molar-refractivity contribution in [3.8, 4) is 11.5 Å². The fraction of sp³-hybridized carbons (Fsp3) is 0.167. The molecular formula is C18H16F3N5O4S3. The standard InChI is InChI=1S/C18H16F3N5O4S3/c1-29-12-7-11(8-13(9-12)30-2)26-33(27,28)14-5-3-10(4-6-14)22-16(31)23-17-25-24-15(32-17)18(19,20)21/h3-9,26H,1-2H3,(H2,22,23,25,31). The number of halogens is 3. The number of ether oxygens (including phenoxy) is 2. The van der Waals surface area contributed by atoms with Gasteiger partial charge < -0.3 is 20.1 Å². The van der Waals surface area contributed by atoms with Crippen LogP contribution in [0, 0.1) is 0 Å². The van der Waals surface area contributed by atoms with Crippen molar-refractivity contribution in [1.82, 2.24) is 10.2 Å². The van der Waals surface area contributed by atoms with E-state index in [1.165, 1.54) is 50.6 Å². The first-order valence-corrected chi connectivity index (χ1v) is 11.6. The van der Waals surface area contributed by atoms with Crippen molar-refractivity contribution in [2.45, 2.75) is 11.1 Å². The Morgan fingerprint density at radius 2 is 1.58 bits per heavy atom. The molecule has 0 radical (unpaired) electrons. The maximum Gasteiger partial charge on any atom is 0.445 e. The number of methoxy groups -OCH3 is 2. The Morgan fingerprint density at radius 3 is 2.09 bits per heavy atom. The molecule has 0 saturated heterocycles. The molecule has 2 aromatic carbocycles. The minimum absolute atomic E-state index is 0.0346. The number of sulfonamides is 1. The Bertz CT molecular complexity index is 1230. The van der Waals surface area contributed by atoms with Crippen molar-refractivity contribution in [3.05, 3.63) is 47.5 Å². The smallest absolute Gasteiger partial charge is 0.445 e. The highest BCUT2D eigenvalue weighted by Gasteiger charge is 2.35. The molecule has 33 heavy (non-hydrogen) atoms. The van der Waals surface area contributed by atoms with Gasteiger partial charge in [-0.1, -0.05) is 11.3 Å². The Labute approximate surface area is 196 Å². The molecule has 3 rings (SSSR count). The molecule has 0 fully saturated rings. The van der Waals surface area contributed by atoms with Crippen molar-refractivity contribution < 1.29 is 31.1 Å². The summed E-state index contributed by atoms with van der Waals surface area (Å²) in [5.41, 5.74) is 0.643. The number of nitrogens with zero attached hydrogens (tertiary/aromatic N) is 2. The number of benzene rings is 2. The first kappa shape index (κ1) is 24.5. The van der Waals surface area contributed by atoms with E-state index in [0.717, 1.165) is 0 Å². The predicted octanol–water partition coefficient (Wildman–Crippen LogP) is 4.18. The lowest BCUT2D eigenvalue weighted by Crippen LogP contribution is -2.19. The number of alkyl halides is 3. The molecule has 0 amide bonds. The van der Waals surface area contributed by atoms with Crippen molar-refractivity contribution in [2.75, 3.05) is 29.6 Å². The summed E-state index contributed by atoms with van der Waals surface area (Å²) in [4.78, 5) is -0.0346. The Morgan fingerprint density at radius 1 is 0.970 bits per heavy atom. The van der Waals surface area contributed by atoms with E-state index in [2.05, 4.69) is 25.6 Å². The average molecular weight is 520 g/mol. The van der Waals surface area contributed by atoms with E-state index in [1.54, 1.807) is 6.07 Å². The minimum atomic E-state index is -4.60. The molecule has 0 saturated carbocycles. The third-order valence-electron chi connectivity index (χ3n) is 3.91. The van der Waals surface area contributed by atoms with Crippen LogP contribution in [-0.4, -0.2) is 37.9 Å². The lowest BCUT2D eigenvalue weighted by molar-refractivity contribution is -0.138. The van der Waals surface area contributed by atoms with Crippen LogP contribution >= 0.6 is 23.6 Å². The summed E-state index contributed by atoms with van der Waals surface area (Å²) in [6, 6.07) is 10.1. The molecule has 15 heteroatoms. The van der Waals surface area contributed by atoms with Crippen LogP contribution < -0.4 is 24.8 Å². The first-order valence-electron chi connectivity index (χ1n) is 8.85. The van der Waals surface area contributed by atoms with Crippen LogP contribution in [0.4, 0.5) is 29.7 Å². The molecule has 1 heterocycles. The number of anilines is 3. The lowest BCUT2D eigenvalue weighted by atomic mass is 10.3. The maximum atomic E-state index is 12.7. The number of hydrogen-bond acceptors (Lipinski definition) is 8. The van der Waals surface area contributed by atoms with Crippen LogP contribution in [0.15, 0.2) is 47.4 Å². The van der Waals surface area contributed by atoms with Gasteiger partial charge in [-0.3, -0.25) is 4.72 Å². The van der Waals surface area contributed by atoms with E-state index >= 15 is 0 Å². The number of hydrogen-bond donors (Lipinski definition) is 3. The van der Waals surface area contributed by atoms with Crippen LogP contribution in [0.5, 0.6) is 11.5 Å². The van der Waals surface area contributed by atoms with Gasteiger partial charge in [-0.25, -0.2) is 8.42 Å². The van der Waals surface area contributed by atoms with Crippen molar-refractivity contribution in [3.63, 3.8) is 0 Å². The second-order valence-corrected chi connectivity index (χ2v) is 9.29. The van der Waals surface area contributed by atoms with Crippen LogP contribution in [0.3, 0.4) is 0 Å². The quantitative estimate of drug-likeness (QED) is 0.396. The molecule has 0 spiro atoms. The summed E-state index contributed by atoms with van der Waals surface area (Å²) in [7, 11) is -1.04. The topological polar surface area (TPSA) is 114 Å². The molecule has 3 N–H and O–H groups in total. The van der Waals surface area contributed by atoms with Gasteiger partial charge >= 0.3 is 6.18 Å². The zero-order chi connectivity index (χ0) is 24.2. The van der Waals surface area contributed by atoms with Crippen molar-refractivity contribution in [2.24, 2.45) is 0 Å². The van der Waals surface area contributed by atoms with Crippen molar-refractivity contribution >= 4 is 55.2 Å². The number of rotatable bonds is 7. The number of thiocarbonyl (C=S) groups is 1. The molecule has 9 nitrogen and oxygen atoms in total. The number of aromatic nitrogens is 2. The van der Waals surface area contributed by atoms with E-state index in [-0.39, 0.29) is 20.8 Å². The van der Waals surface area contributed by atoms with Crippen molar-refractivity contribution in [1.29, 1.82) is 0 Å². The molecule has 1 aromatic heterocycles. The third kappa shape index (κ3) is 6.43. The first-order chi connectivity index (χ1) is 15.5. The van der Waals surface area contributed by atoms with E-state index in [9.17, 15) is 21.6 Å². The molecule has 0 aliphatic carbocycles. The summed E-state index contributed by atoms with van der Waals surface area (Å²) in [5.74, 6) is 0.816. The lowest BCUT2D eigenvalue weighted by Gasteiger charge is -2.12. The van der Waals surface area contributed by atoms with Crippen LogP contribution in [0.25, 0.3) is 0 Å².